The number of nitrogens with zero attached hydrogens (tertiary/aromatic N) is 1. The highest BCUT2D eigenvalue weighted by atomic mass is 16.4. The van der Waals surface area contributed by atoms with E-state index in [2.05, 4.69) is 6.92 Å². The molecule has 3 heteroatoms. The molecule has 1 rings (SSSR count). The Balaban J connectivity index is 2.65. The van der Waals surface area contributed by atoms with Gasteiger partial charge in [-0.25, -0.2) is 0 Å². The fraction of sp³-hybridized carbons (Fsp3) is 0.909. The van der Waals surface area contributed by atoms with Crippen LogP contribution in [0.2, 0.25) is 0 Å². The molecule has 1 saturated carbocycles. The summed E-state index contributed by atoms with van der Waals surface area (Å²) in [6.07, 6.45) is 3.49. The minimum atomic E-state index is -0.741. The molecule has 2 atom stereocenters. The molecule has 0 saturated heterocycles. The zero-order chi connectivity index (χ0) is 10.9. The third-order valence-electron chi connectivity index (χ3n) is 3.62. The summed E-state index contributed by atoms with van der Waals surface area (Å²) in [4.78, 5) is 13.1. The molecule has 0 heterocycles. The topological polar surface area (TPSA) is 40.5 Å². The number of carboxylic acids is 1. The molecule has 0 aliphatic heterocycles. The van der Waals surface area contributed by atoms with Crippen LogP contribution in [0, 0.1) is 5.92 Å². The fourth-order valence-electron chi connectivity index (χ4n) is 2.14. The Morgan fingerprint density at radius 3 is 2.36 bits per heavy atom. The van der Waals surface area contributed by atoms with Gasteiger partial charge in [-0.1, -0.05) is 6.92 Å². The summed E-state index contributed by atoms with van der Waals surface area (Å²) in [6.45, 7) is 5.79. The molecule has 0 aromatic carbocycles. The van der Waals surface area contributed by atoms with Crippen molar-refractivity contribution in [3.8, 4) is 0 Å². The molecular weight excluding hydrogens is 178 g/mol. The summed E-state index contributed by atoms with van der Waals surface area (Å²) in [7, 11) is 1.93. The number of aliphatic carboxylic acids is 1. The van der Waals surface area contributed by atoms with E-state index in [0.29, 0.717) is 6.04 Å². The molecule has 2 unspecified atom stereocenters. The predicted octanol–water partition coefficient (Wildman–Crippen LogP) is 1.97. The molecule has 0 bridgehead atoms. The Kier molecular flexibility index (Phi) is 3.20. The molecule has 0 aromatic rings. The van der Waals surface area contributed by atoms with E-state index in [1.54, 1.807) is 13.8 Å². The smallest absolute Gasteiger partial charge is 0.323 e. The van der Waals surface area contributed by atoms with Crippen molar-refractivity contribution in [2.24, 2.45) is 5.92 Å². The van der Waals surface area contributed by atoms with Gasteiger partial charge in [-0.2, -0.15) is 0 Å². The molecule has 3 nitrogen and oxygen atoms in total. The third-order valence-corrected chi connectivity index (χ3v) is 3.62. The Bertz CT molecular complexity index is 225. The van der Waals surface area contributed by atoms with Gasteiger partial charge in [0.25, 0.3) is 0 Å². The molecule has 82 valence electrons. The minimum Gasteiger partial charge on any atom is -0.480 e. The first-order chi connectivity index (χ1) is 6.35. The summed E-state index contributed by atoms with van der Waals surface area (Å²) in [5, 5.41) is 9.10. The monoisotopic (exact) mass is 199 g/mol. The van der Waals surface area contributed by atoms with E-state index >= 15 is 0 Å². The average Bonchev–Trinajstić information content (AvgIpc) is 2.50. The fourth-order valence-corrected chi connectivity index (χ4v) is 2.14. The van der Waals surface area contributed by atoms with Crippen molar-refractivity contribution in [1.29, 1.82) is 0 Å². The highest BCUT2D eigenvalue weighted by molar-refractivity contribution is 5.77. The molecule has 0 aromatic heterocycles. The van der Waals surface area contributed by atoms with Crippen LogP contribution in [-0.2, 0) is 4.79 Å². The normalized spacial score (nSPS) is 28.4. The molecule has 14 heavy (non-hydrogen) atoms. The first-order valence-electron chi connectivity index (χ1n) is 5.32. The van der Waals surface area contributed by atoms with Crippen LogP contribution in [0.1, 0.15) is 40.0 Å². The van der Waals surface area contributed by atoms with E-state index in [1.165, 1.54) is 6.42 Å². The lowest BCUT2D eigenvalue weighted by atomic mass is 10.0. The SMILES string of the molecule is CC1CCC(N(C)C(C)(C)C(=O)O)C1. The van der Waals surface area contributed by atoms with Gasteiger partial charge in [0.2, 0.25) is 0 Å². The van der Waals surface area contributed by atoms with Crippen LogP contribution in [0.5, 0.6) is 0 Å². The number of rotatable bonds is 3. The van der Waals surface area contributed by atoms with E-state index in [-0.39, 0.29) is 0 Å². The zero-order valence-electron chi connectivity index (χ0n) is 9.58. The summed E-state index contributed by atoms with van der Waals surface area (Å²) >= 11 is 0. The molecule has 0 spiro atoms. The minimum absolute atomic E-state index is 0.441. The van der Waals surface area contributed by atoms with Crippen molar-refractivity contribution in [2.75, 3.05) is 7.05 Å². The quantitative estimate of drug-likeness (QED) is 0.755. The molecule has 0 radical (unpaired) electrons. The zero-order valence-corrected chi connectivity index (χ0v) is 9.58. The van der Waals surface area contributed by atoms with Crippen molar-refractivity contribution in [3.05, 3.63) is 0 Å². The van der Waals surface area contributed by atoms with Gasteiger partial charge >= 0.3 is 5.97 Å². The Morgan fingerprint density at radius 1 is 1.43 bits per heavy atom. The van der Waals surface area contributed by atoms with Crippen molar-refractivity contribution >= 4 is 5.97 Å². The highest BCUT2D eigenvalue weighted by Gasteiger charge is 2.38. The Hall–Kier alpha value is -0.570. The lowest BCUT2D eigenvalue weighted by Gasteiger charge is -2.36. The van der Waals surface area contributed by atoms with Crippen LogP contribution in [0.25, 0.3) is 0 Å². The standard InChI is InChI=1S/C11H21NO2/c1-8-5-6-9(7-8)12(4)11(2,3)10(13)14/h8-9H,5-7H2,1-4H3,(H,13,14). The van der Waals surface area contributed by atoms with Gasteiger partial charge in [0.05, 0.1) is 0 Å². The van der Waals surface area contributed by atoms with Crippen LogP contribution in [-0.4, -0.2) is 34.6 Å². The second-order valence-electron chi connectivity index (χ2n) is 5.05. The van der Waals surface area contributed by atoms with E-state index in [0.717, 1.165) is 18.8 Å². The van der Waals surface area contributed by atoms with Gasteiger partial charge < -0.3 is 5.11 Å². The molecular formula is C11H21NO2. The van der Waals surface area contributed by atoms with Crippen LogP contribution in [0.3, 0.4) is 0 Å². The van der Waals surface area contributed by atoms with E-state index < -0.39 is 11.5 Å². The van der Waals surface area contributed by atoms with Crippen molar-refractivity contribution < 1.29 is 9.90 Å². The van der Waals surface area contributed by atoms with Crippen LogP contribution >= 0.6 is 0 Å². The number of hydrogen-bond donors (Lipinski definition) is 1. The number of hydrogen-bond acceptors (Lipinski definition) is 2. The second-order valence-corrected chi connectivity index (χ2v) is 5.05. The van der Waals surface area contributed by atoms with Gasteiger partial charge in [-0.15, -0.1) is 0 Å². The maximum Gasteiger partial charge on any atom is 0.323 e. The van der Waals surface area contributed by atoms with Crippen molar-refractivity contribution in [1.82, 2.24) is 4.90 Å². The van der Waals surface area contributed by atoms with Gasteiger partial charge in [0, 0.05) is 6.04 Å². The molecule has 0 amide bonds. The van der Waals surface area contributed by atoms with Crippen LogP contribution in [0.4, 0.5) is 0 Å². The summed E-state index contributed by atoms with van der Waals surface area (Å²) < 4.78 is 0. The van der Waals surface area contributed by atoms with E-state index in [9.17, 15) is 4.79 Å². The summed E-state index contributed by atoms with van der Waals surface area (Å²) in [5.74, 6) is 0.00611. The van der Waals surface area contributed by atoms with E-state index in [4.69, 9.17) is 5.11 Å². The summed E-state index contributed by atoms with van der Waals surface area (Å²) in [6, 6.07) is 0.441. The number of likely N-dealkylation sites (N-methyl/N-ethyl adjacent to an activating group) is 1. The first kappa shape index (κ1) is 11.5. The molecule has 1 aliphatic carbocycles. The number of carbonyl (C=O) groups is 1. The lowest BCUT2D eigenvalue weighted by molar-refractivity contribution is -0.149. The maximum atomic E-state index is 11.1. The van der Waals surface area contributed by atoms with Gasteiger partial charge in [-0.05, 0) is 46.1 Å². The summed E-state index contributed by atoms with van der Waals surface area (Å²) in [5.41, 5.74) is -0.741. The Labute approximate surface area is 86.1 Å². The van der Waals surface area contributed by atoms with Crippen molar-refractivity contribution in [2.45, 2.75) is 51.6 Å². The average molecular weight is 199 g/mol. The predicted molar refractivity (Wildman–Crippen MR) is 56.3 cm³/mol. The van der Waals surface area contributed by atoms with Crippen LogP contribution < -0.4 is 0 Å². The maximum absolute atomic E-state index is 11.1. The van der Waals surface area contributed by atoms with Gasteiger partial charge in [-0.3, -0.25) is 9.69 Å². The van der Waals surface area contributed by atoms with Gasteiger partial charge in [0.1, 0.15) is 5.54 Å². The largest absolute Gasteiger partial charge is 0.480 e. The van der Waals surface area contributed by atoms with Gasteiger partial charge in [0.15, 0.2) is 0 Å². The molecule has 1 N–H and O–H groups in total. The lowest BCUT2D eigenvalue weighted by Crippen LogP contribution is -2.51. The highest BCUT2D eigenvalue weighted by Crippen LogP contribution is 2.31. The molecule has 1 aliphatic rings. The van der Waals surface area contributed by atoms with E-state index in [1.807, 2.05) is 11.9 Å². The Morgan fingerprint density at radius 2 is 2.00 bits per heavy atom. The number of carboxylic acid groups (broad SMARTS) is 1. The van der Waals surface area contributed by atoms with Crippen LogP contribution in [0.15, 0.2) is 0 Å². The third kappa shape index (κ3) is 2.08. The van der Waals surface area contributed by atoms with Crippen molar-refractivity contribution in [3.63, 3.8) is 0 Å². The molecule has 1 fully saturated rings. The second kappa shape index (κ2) is 3.89. The first-order valence-corrected chi connectivity index (χ1v) is 5.32.